The van der Waals surface area contributed by atoms with Crippen molar-refractivity contribution in [3.05, 3.63) is 12.2 Å². The van der Waals surface area contributed by atoms with Gasteiger partial charge in [0.2, 0.25) is 0 Å². The van der Waals surface area contributed by atoms with Gasteiger partial charge >= 0.3 is 0 Å². The van der Waals surface area contributed by atoms with Crippen LogP contribution >= 0.6 is 0 Å². The van der Waals surface area contributed by atoms with Gasteiger partial charge in [-0.1, -0.05) is 6.42 Å². The molecule has 18 heavy (non-hydrogen) atoms. The van der Waals surface area contributed by atoms with Crippen molar-refractivity contribution in [2.45, 2.75) is 58.3 Å². The highest BCUT2D eigenvalue weighted by Gasteiger charge is 2.27. The normalized spacial score (nSPS) is 23.2. The number of nitrogens with one attached hydrogen (secondary N) is 1. The second-order valence-electron chi connectivity index (χ2n) is 5.10. The monoisotopic (exact) mass is 251 g/mol. The molecular weight excluding hydrogens is 226 g/mol. The van der Waals surface area contributed by atoms with Gasteiger partial charge in [-0.15, -0.1) is 0 Å². The third kappa shape index (κ3) is 2.90. The largest absolute Gasteiger partial charge is 0.316 e. The van der Waals surface area contributed by atoms with Crippen LogP contribution in [0.1, 0.15) is 38.9 Å². The SMILES string of the molecule is CCn1ncnc1CN1CCCCC1C(C)NC. The molecule has 0 aromatic carbocycles. The fourth-order valence-corrected chi connectivity index (χ4v) is 2.83. The molecule has 0 spiro atoms. The average Bonchev–Trinajstić information content (AvgIpc) is 2.86. The minimum Gasteiger partial charge on any atom is -0.316 e. The van der Waals surface area contributed by atoms with Crippen molar-refractivity contribution in [2.24, 2.45) is 0 Å². The quantitative estimate of drug-likeness (QED) is 0.856. The molecule has 5 heteroatoms. The summed E-state index contributed by atoms with van der Waals surface area (Å²) in [5.41, 5.74) is 0. The maximum atomic E-state index is 4.39. The maximum Gasteiger partial charge on any atom is 0.141 e. The van der Waals surface area contributed by atoms with Crippen LogP contribution in [-0.2, 0) is 13.1 Å². The second-order valence-corrected chi connectivity index (χ2v) is 5.10. The topological polar surface area (TPSA) is 46.0 Å². The van der Waals surface area contributed by atoms with Crippen LogP contribution in [0.5, 0.6) is 0 Å². The number of likely N-dealkylation sites (tertiary alicyclic amines) is 1. The Morgan fingerprint density at radius 3 is 3.06 bits per heavy atom. The summed E-state index contributed by atoms with van der Waals surface area (Å²) in [6.07, 6.45) is 5.59. The Morgan fingerprint density at radius 1 is 1.50 bits per heavy atom. The Balaban J connectivity index is 2.05. The van der Waals surface area contributed by atoms with Crippen molar-refractivity contribution >= 4 is 0 Å². The van der Waals surface area contributed by atoms with E-state index in [4.69, 9.17) is 0 Å². The van der Waals surface area contributed by atoms with Gasteiger partial charge in [-0.3, -0.25) is 4.90 Å². The van der Waals surface area contributed by atoms with Crippen LogP contribution in [0.25, 0.3) is 0 Å². The molecule has 1 saturated heterocycles. The summed E-state index contributed by atoms with van der Waals surface area (Å²) in [7, 11) is 2.05. The van der Waals surface area contributed by atoms with Crippen molar-refractivity contribution < 1.29 is 0 Å². The van der Waals surface area contributed by atoms with Crippen LogP contribution in [0.3, 0.4) is 0 Å². The molecule has 0 radical (unpaired) electrons. The van der Waals surface area contributed by atoms with Gasteiger partial charge in [-0.05, 0) is 40.3 Å². The van der Waals surface area contributed by atoms with Gasteiger partial charge in [0, 0.05) is 18.6 Å². The summed E-state index contributed by atoms with van der Waals surface area (Å²) in [5, 5.41) is 7.64. The van der Waals surface area contributed by atoms with Gasteiger partial charge in [0.25, 0.3) is 0 Å². The Labute approximate surface area is 110 Å². The molecule has 2 rings (SSSR count). The molecule has 2 heterocycles. The first-order chi connectivity index (χ1) is 8.76. The van der Waals surface area contributed by atoms with Gasteiger partial charge in [0.15, 0.2) is 0 Å². The third-order valence-corrected chi connectivity index (χ3v) is 4.04. The van der Waals surface area contributed by atoms with E-state index in [9.17, 15) is 0 Å². The fraction of sp³-hybridized carbons (Fsp3) is 0.846. The van der Waals surface area contributed by atoms with E-state index >= 15 is 0 Å². The number of hydrogen-bond donors (Lipinski definition) is 1. The molecule has 5 nitrogen and oxygen atoms in total. The lowest BCUT2D eigenvalue weighted by Crippen LogP contribution is -2.49. The zero-order valence-electron chi connectivity index (χ0n) is 11.8. The summed E-state index contributed by atoms with van der Waals surface area (Å²) in [5.74, 6) is 1.09. The first-order valence-corrected chi connectivity index (χ1v) is 7.04. The van der Waals surface area contributed by atoms with E-state index in [1.165, 1.54) is 25.8 Å². The molecule has 0 aliphatic carbocycles. The third-order valence-electron chi connectivity index (χ3n) is 4.04. The highest BCUT2D eigenvalue weighted by atomic mass is 15.3. The van der Waals surface area contributed by atoms with E-state index in [1.807, 2.05) is 11.7 Å². The minimum atomic E-state index is 0.531. The Hall–Kier alpha value is -0.940. The zero-order chi connectivity index (χ0) is 13.0. The van der Waals surface area contributed by atoms with Crippen LogP contribution in [0.4, 0.5) is 0 Å². The van der Waals surface area contributed by atoms with E-state index in [-0.39, 0.29) is 0 Å². The van der Waals surface area contributed by atoms with Crippen LogP contribution < -0.4 is 5.32 Å². The van der Waals surface area contributed by atoms with Crippen LogP contribution in [-0.4, -0.2) is 45.3 Å². The molecule has 2 atom stereocenters. The van der Waals surface area contributed by atoms with Gasteiger partial charge in [0.1, 0.15) is 12.2 Å². The second kappa shape index (κ2) is 6.29. The molecule has 0 bridgehead atoms. The molecule has 2 unspecified atom stereocenters. The van der Waals surface area contributed by atoms with E-state index in [2.05, 4.69) is 34.1 Å². The number of aromatic nitrogens is 3. The Morgan fingerprint density at radius 2 is 2.33 bits per heavy atom. The Kier molecular flexibility index (Phi) is 4.72. The molecule has 1 fully saturated rings. The standard InChI is InChI=1S/C13H25N5/c1-4-18-13(15-10-16-18)9-17-8-6-5-7-12(17)11(2)14-3/h10-12,14H,4-9H2,1-3H3. The van der Waals surface area contributed by atoms with Crippen molar-refractivity contribution in [1.29, 1.82) is 0 Å². The maximum absolute atomic E-state index is 4.39. The number of nitrogens with zero attached hydrogens (tertiary/aromatic N) is 4. The van der Waals surface area contributed by atoms with Crippen molar-refractivity contribution in [1.82, 2.24) is 25.0 Å². The van der Waals surface area contributed by atoms with E-state index < -0.39 is 0 Å². The highest BCUT2D eigenvalue weighted by molar-refractivity contribution is 4.90. The Bertz CT molecular complexity index is 362. The molecule has 102 valence electrons. The first kappa shape index (κ1) is 13.5. The van der Waals surface area contributed by atoms with E-state index in [1.54, 1.807) is 6.33 Å². The smallest absolute Gasteiger partial charge is 0.141 e. The lowest BCUT2D eigenvalue weighted by molar-refractivity contribution is 0.109. The predicted octanol–water partition coefficient (Wildman–Crippen LogP) is 1.26. The highest BCUT2D eigenvalue weighted by Crippen LogP contribution is 2.21. The summed E-state index contributed by atoms with van der Waals surface area (Å²) >= 11 is 0. The summed E-state index contributed by atoms with van der Waals surface area (Å²) < 4.78 is 2.00. The zero-order valence-corrected chi connectivity index (χ0v) is 11.8. The van der Waals surface area contributed by atoms with E-state index in [0.29, 0.717) is 12.1 Å². The molecule has 1 aliphatic heterocycles. The van der Waals surface area contributed by atoms with Crippen LogP contribution in [0, 0.1) is 0 Å². The number of rotatable bonds is 5. The van der Waals surface area contributed by atoms with Crippen molar-refractivity contribution in [3.8, 4) is 0 Å². The van der Waals surface area contributed by atoms with Gasteiger partial charge in [0.05, 0.1) is 6.54 Å². The number of piperidine rings is 1. The first-order valence-electron chi connectivity index (χ1n) is 7.04. The van der Waals surface area contributed by atoms with Crippen LogP contribution in [0.15, 0.2) is 6.33 Å². The van der Waals surface area contributed by atoms with Crippen LogP contribution in [0.2, 0.25) is 0 Å². The van der Waals surface area contributed by atoms with Gasteiger partial charge < -0.3 is 5.32 Å². The molecule has 1 aromatic heterocycles. The minimum absolute atomic E-state index is 0.531. The summed E-state index contributed by atoms with van der Waals surface area (Å²) in [4.78, 5) is 6.95. The van der Waals surface area contributed by atoms with Gasteiger partial charge in [-0.25, -0.2) is 9.67 Å². The molecule has 0 amide bonds. The fourth-order valence-electron chi connectivity index (χ4n) is 2.83. The summed E-state index contributed by atoms with van der Waals surface area (Å²) in [6, 6.07) is 1.15. The van der Waals surface area contributed by atoms with Crippen molar-refractivity contribution in [3.63, 3.8) is 0 Å². The molecular formula is C13H25N5. The van der Waals surface area contributed by atoms with Crippen molar-refractivity contribution in [2.75, 3.05) is 13.6 Å². The van der Waals surface area contributed by atoms with E-state index in [0.717, 1.165) is 18.9 Å². The lowest BCUT2D eigenvalue weighted by atomic mass is 9.96. The predicted molar refractivity (Wildman–Crippen MR) is 72.3 cm³/mol. The number of likely N-dealkylation sites (N-methyl/N-ethyl adjacent to an activating group) is 1. The number of aryl methyl sites for hydroxylation is 1. The van der Waals surface area contributed by atoms with Gasteiger partial charge in [-0.2, -0.15) is 5.10 Å². The molecule has 1 aromatic rings. The molecule has 1 aliphatic rings. The number of hydrogen-bond acceptors (Lipinski definition) is 4. The molecule has 1 N–H and O–H groups in total. The summed E-state index contributed by atoms with van der Waals surface area (Å²) in [6.45, 7) is 7.38. The molecule has 0 saturated carbocycles. The lowest BCUT2D eigenvalue weighted by Gasteiger charge is -2.38. The average molecular weight is 251 g/mol.